The van der Waals surface area contributed by atoms with E-state index < -0.39 is 23.8 Å². The van der Waals surface area contributed by atoms with Crippen molar-refractivity contribution in [3.05, 3.63) is 59.3 Å². The van der Waals surface area contributed by atoms with E-state index in [1.54, 1.807) is 6.92 Å². The van der Waals surface area contributed by atoms with Crippen LogP contribution in [0.4, 0.5) is 17.6 Å². The van der Waals surface area contributed by atoms with Crippen LogP contribution in [0.2, 0.25) is 0 Å². The second-order valence-corrected chi connectivity index (χ2v) is 10.1. The van der Waals surface area contributed by atoms with Crippen molar-refractivity contribution in [3.8, 4) is 34.7 Å². The van der Waals surface area contributed by atoms with Crippen LogP contribution in [0.25, 0.3) is 22.9 Å². The normalized spacial score (nSPS) is 16.1. The van der Waals surface area contributed by atoms with Gasteiger partial charge in [-0.2, -0.15) is 18.2 Å². The lowest BCUT2D eigenvalue weighted by atomic mass is 10.1. The van der Waals surface area contributed by atoms with Crippen molar-refractivity contribution in [1.82, 2.24) is 34.5 Å². The van der Waals surface area contributed by atoms with Crippen molar-refractivity contribution in [2.75, 3.05) is 7.11 Å². The van der Waals surface area contributed by atoms with Gasteiger partial charge in [-0.3, -0.25) is 0 Å². The van der Waals surface area contributed by atoms with Crippen LogP contribution in [0, 0.1) is 5.82 Å². The van der Waals surface area contributed by atoms with Gasteiger partial charge in [0, 0.05) is 36.0 Å². The number of hydrogen-bond acceptors (Lipinski definition) is 9. The summed E-state index contributed by atoms with van der Waals surface area (Å²) in [5, 5.41) is 10.3. The molecule has 2 aliphatic rings. The maximum Gasteiger partial charge on any atom is 0.434 e. The minimum Gasteiger partial charge on any atom is -0.480 e. The molecule has 1 atom stereocenters. The van der Waals surface area contributed by atoms with E-state index >= 15 is 4.39 Å². The Morgan fingerprint density at radius 3 is 2.49 bits per heavy atom. The molecule has 0 amide bonds. The van der Waals surface area contributed by atoms with Crippen LogP contribution in [-0.4, -0.2) is 46.7 Å². The number of pyridine rings is 1. The Hall–Kier alpha value is -4.20. The predicted molar refractivity (Wildman–Crippen MR) is 135 cm³/mol. The molecule has 10 nitrogen and oxygen atoms in total. The summed E-state index contributed by atoms with van der Waals surface area (Å²) in [5.41, 5.74) is 0.471. The Kier molecular flexibility index (Phi) is 6.80. The Morgan fingerprint density at radius 1 is 1.07 bits per heavy atom. The zero-order valence-electron chi connectivity index (χ0n) is 22.1. The second-order valence-electron chi connectivity index (χ2n) is 10.1. The molecule has 2 fully saturated rings. The minimum absolute atomic E-state index is 0.0992. The van der Waals surface area contributed by atoms with Crippen molar-refractivity contribution in [2.24, 2.45) is 0 Å². The molecule has 6 rings (SSSR count). The molecule has 0 spiro atoms. The van der Waals surface area contributed by atoms with E-state index in [4.69, 9.17) is 9.47 Å². The van der Waals surface area contributed by atoms with Crippen LogP contribution in [0.15, 0.2) is 30.9 Å². The number of aromatic nitrogens is 7. The average Bonchev–Trinajstić information content (AvgIpc) is 3.89. The molecule has 0 radical (unpaired) electrons. The fourth-order valence-electron chi connectivity index (χ4n) is 4.47. The third-order valence-corrected chi connectivity index (χ3v) is 6.83. The van der Waals surface area contributed by atoms with Gasteiger partial charge in [0.1, 0.15) is 24.2 Å². The zero-order chi connectivity index (χ0) is 28.9. The van der Waals surface area contributed by atoms with E-state index in [9.17, 15) is 18.3 Å². The summed E-state index contributed by atoms with van der Waals surface area (Å²) in [7, 11) is 1.48. The summed E-state index contributed by atoms with van der Waals surface area (Å²) in [6.45, 7) is 1.38. The number of halogens is 4. The highest BCUT2D eigenvalue weighted by atomic mass is 19.4. The molecular weight excluding hydrogens is 546 g/mol. The van der Waals surface area contributed by atoms with Crippen molar-refractivity contribution >= 4 is 0 Å². The van der Waals surface area contributed by atoms with E-state index in [1.807, 2.05) is 0 Å². The third-order valence-electron chi connectivity index (χ3n) is 6.83. The number of rotatable bonds is 9. The SMILES string of the molecule is COc1ncnc(C2CC2)c1-c1nc(OCc2cnc(-c3nc(C(F)(F)F)cn3C3CC3)c(F)c2)cc([C@H](C)O)n1. The lowest BCUT2D eigenvalue weighted by Crippen LogP contribution is -2.08. The molecule has 0 aromatic carbocycles. The minimum atomic E-state index is -4.66. The molecule has 14 heteroatoms. The number of aliphatic hydroxyl groups excluding tert-OH is 1. The third kappa shape index (κ3) is 5.56. The monoisotopic (exact) mass is 571 g/mol. The molecular formula is C27H25F4N7O3. The smallest absolute Gasteiger partial charge is 0.434 e. The standard InChI is InChI=1S/C27H25F4N7O3/c1-13(39)18-8-20(37-24(35-18)21-22(15-3-4-15)33-12-34-26(21)40-2)41-11-14-7-17(28)23(32-9-14)25-36-19(27(29,30)31)10-38(25)16-5-6-16/h7-10,12-13,15-16,39H,3-6,11H2,1-2H3/t13-/m0/s1. The van der Waals surface area contributed by atoms with E-state index in [-0.39, 0.29) is 53.4 Å². The molecule has 0 aliphatic heterocycles. The largest absolute Gasteiger partial charge is 0.480 e. The summed E-state index contributed by atoms with van der Waals surface area (Å²) in [5.74, 6) is -0.180. The van der Waals surface area contributed by atoms with E-state index in [0.717, 1.165) is 30.8 Å². The van der Waals surface area contributed by atoms with E-state index in [0.29, 0.717) is 24.0 Å². The number of nitrogens with zero attached hydrogens (tertiary/aromatic N) is 7. The Balaban J connectivity index is 1.28. The highest BCUT2D eigenvalue weighted by molar-refractivity contribution is 5.66. The van der Waals surface area contributed by atoms with Crippen LogP contribution < -0.4 is 9.47 Å². The first-order valence-corrected chi connectivity index (χ1v) is 13.0. The molecule has 0 saturated heterocycles. The number of hydrogen-bond donors (Lipinski definition) is 1. The van der Waals surface area contributed by atoms with Crippen molar-refractivity contribution in [3.63, 3.8) is 0 Å². The van der Waals surface area contributed by atoms with Crippen LogP contribution in [0.5, 0.6) is 11.8 Å². The molecule has 214 valence electrons. The van der Waals surface area contributed by atoms with E-state index in [2.05, 4.69) is 29.9 Å². The second kappa shape index (κ2) is 10.3. The van der Waals surface area contributed by atoms with Gasteiger partial charge in [0.25, 0.3) is 0 Å². The van der Waals surface area contributed by atoms with Gasteiger partial charge in [-0.25, -0.2) is 29.3 Å². The Bertz CT molecular complexity index is 1600. The predicted octanol–water partition coefficient (Wildman–Crippen LogP) is 5.20. The van der Waals surface area contributed by atoms with Gasteiger partial charge in [0.2, 0.25) is 11.8 Å². The highest BCUT2D eigenvalue weighted by Gasteiger charge is 2.38. The number of methoxy groups -OCH3 is 1. The fraction of sp³-hybridized carbons (Fsp3) is 0.407. The molecule has 4 heterocycles. The van der Waals surface area contributed by atoms with Gasteiger partial charge in [0.15, 0.2) is 23.2 Å². The van der Waals surface area contributed by atoms with Gasteiger partial charge >= 0.3 is 6.18 Å². The lowest BCUT2D eigenvalue weighted by Gasteiger charge is -2.14. The van der Waals surface area contributed by atoms with Gasteiger partial charge in [0.05, 0.1) is 24.6 Å². The first-order chi connectivity index (χ1) is 19.6. The molecule has 4 aromatic heterocycles. The first kappa shape index (κ1) is 27.0. The summed E-state index contributed by atoms with van der Waals surface area (Å²) < 4.78 is 67.6. The maximum atomic E-state index is 15.2. The molecule has 0 unspecified atom stereocenters. The van der Waals surface area contributed by atoms with Crippen LogP contribution in [-0.2, 0) is 12.8 Å². The molecule has 2 aliphatic carbocycles. The van der Waals surface area contributed by atoms with Crippen LogP contribution in [0.3, 0.4) is 0 Å². The van der Waals surface area contributed by atoms with Crippen LogP contribution >= 0.6 is 0 Å². The molecule has 41 heavy (non-hydrogen) atoms. The molecule has 1 N–H and O–H groups in total. The number of imidazole rings is 1. The maximum absolute atomic E-state index is 15.2. The number of ether oxygens (including phenoxy) is 2. The zero-order valence-corrected chi connectivity index (χ0v) is 22.1. The van der Waals surface area contributed by atoms with Gasteiger partial charge in [-0.1, -0.05) is 0 Å². The molecule has 0 bridgehead atoms. The van der Waals surface area contributed by atoms with Crippen LogP contribution in [0.1, 0.15) is 73.3 Å². The molecule has 2 saturated carbocycles. The van der Waals surface area contributed by atoms with Crippen molar-refractivity contribution in [2.45, 2.75) is 63.5 Å². The first-order valence-electron chi connectivity index (χ1n) is 13.0. The number of alkyl halides is 3. The summed E-state index contributed by atoms with van der Waals surface area (Å²) in [6, 6.07) is 2.44. The average molecular weight is 572 g/mol. The highest BCUT2D eigenvalue weighted by Crippen LogP contribution is 2.45. The molecule has 4 aromatic rings. The summed E-state index contributed by atoms with van der Waals surface area (Å²) in [4.78, 5) is 25.3. The van der Waals surface area contributed by atoms with E-state index in [1.165, 1.54) is 30.3 Å². The lowest BCUT2D eigenvalue weighted by molar-refractivity contribution is -0.140. The van der Waals surface area contributed by atoms with Gasteiger partial charge in [-0.15, -0.1) is 0 Å². The quantitative estimate of drug-likeness (QED) is 0.270. The van der Waals surface area contributed by atoms with Gasteiger partial charge in [-0.05, 0) is 38.7 Å². The Labute approximate surface area is 231 Å². The summed E-state index contributed by atoms with van der Waals surface area (Å²) >= 11 is 0. The summed E-state index contributed by atoms with van der Waals surface area (Å²) in [6.07, 6.45) is 1.31. The van der Waals surface area contributed by atoms with Gasteiger partial charge < -0.3 is 19.1 Å². The number of aliphatic hydroxyl groups is 1. The van der Waals surface area contributed by atoms with Crippen molar-refractivity contribution in [1.29, 1.82) is 0 Å². The van der Waals surface area contributed by atoms with Crippen molar-refractivity contribution < 1.29 is 32.1 Å². The Morgan fingerprint density at radius 2 is 1.85 bits per heavy atom. The topological polar surface area (TPSA) is 121 Å². The fourth-order valence-corrected chi connectivity index (χ4v) is 4.47.